The molecule has 0 unspecified atom stereocenters. The van der Waals surface area contributed by atoms with Crippen LogP contribution in [0.2, 0.25) is 0 Å². The highest BCUT2D eigenvalue weighted by atomic mass is 32.1. The molecule has 40 heavy (non-hydrogen) atoms. The molecule has 3 heterocycles. The number of nitrogens with one attached hydrogen (secondary N) is 3. The number of alkyl halides is 2. The van der Waals surface area contributed by atoms with Crippen LogP contribution in [0.1, 0.15) is 40.2 Å². The van der Waals surface area contributed by atoms with Crippen molar-refractivity contribution >= 4 is 56.8 Å². The lowest BCUT2D eigenvalue weighted by Gasteiger charge is -2.25. The fraction of sp³-hybridized carbons (Fsp3) is 0.286. The summed E-state index contributed by atoms with van der Waals surface area (Å²) in [6.07, 6.45) is -0.505. The zero-order valence-electron chi connectivity index (χ0n) is 21.5. The summed E-state index contributed by atoms with van der Waals surface area (Å²) in [4.78, 5) is 40.7. The maximum atomic E-state index is 15.0. The number of amidine groups is 1. The Kier molecular flexibility index (Phi) is 7.28. The van der Waals surface area contributed by atoms with Crippen molar-refractivity contribution in [2.75, 3.05) is 19.8 Å². The van der Waals surface area contributed by atoms with E-state index in [1.807, 2.05) is 24.3 Å². The Labute approximate surface area is 231 Å². The molecule has 2 aromatic heterocycles. The van der Waals surface area contributed by atoms with E-state index in [9.17, 15) is 18.8 Å². The minimum atomic E-state index is -2.37. The summed E-state index contributed by atoms with van der Waals surface area (Å²) in [7, 11) is 0. The molecule has 2 aromatic carbocycles. The second-order valence-electron chi connectivity index (χ2n) is 9.90. The number of rotatable bonds is 8. The Morgan fingerprint density at radius 2 is 1.93 bits per heavy atom. The molecule has 4 aromatic rings. The fourth-order valence-corrected chi connectivity index (χ4v) is 5.77. The van der Waals surface area contributed by atoms with Crippen LogP contribution in [0.4, 0.5) is 8.78 Å². The number of thiophene rings is 1. The minimum Gasteiger partial charge on any atom is -0.456 e. The van der Waals surface area contributed by atoms with Crippen molar-refractivity contribution in [2.24, 2.45) is 5.73 Å². The molecule has 3 amide bonds. The van der Waals surface area contributed by atoms with Gasteiger partial charge in [-0.25, -0.2) is 8.78 Å². The van der Waals surface area contributed by atoms with E-state index in [0.717, 1.165) is 15.7 Å². The molecule has 1 saturated heterocycles. The lowest BCUT2D eigenvalue weighted by Crippen LogP contribution is -2.49. The monoisotopic (exact) mass is 567 g/mol. The highest BCUT2D eigenvalue weighted by Gasteiger charge is 2.49. The Morgan fingerprint density at radius 1 is 1.18 bits per heavy atom. The molecule has 0 aliphatic carbocycles. The number of carbonyl (C=O) groups excluding carboxylic acids is 3. The highest BCUT2D eigenvalue weighted by Crippen LogP contribution is 2.33. The first-order valence-electron chi connectivity index (χ1n) is 12.6. The van der Waals surface area contributed by atoms with Crippen LogP contribution >= 0.6 is 11.3 Å². The van der Waals surface area contributed by atoms with Crippen LogP contribution in [-0.2, 0) is 9.59 Å². The summed E-state index contributed by atoms with van der Waals surface area (Å²) in [6, 6.07) is 12.2. The molecule has 0 bridgehead atoms. The molecule has 5 rings (SSSR count). The number of benzene rings is 2. The quantitative estimate of drug-likeness (QED) is 0.189. The largest absolute Gasteiger partial charge is 0.456 e. The van der Waals surface area contributed by atoms with E-state index < -0.39 is 61.7 Å². The van der Waals surface area contributed by atoms with Gasteiger partial charge in [0.15, 0.2) is 5.67 Å². The summed E-state index contributed by atoms with van der Waals surface area (Å²) in [6.45, 7) is -0.760. The summed E-state index contributed by atoms with van der Waals surface area (Å²) in [5, 5.41) is 16.1. The number of para-hydroxylation sites is 1. The van der Waals surface area contributed by atoms with Crippen molar-refractivity contribution < 1.29 is 27.6 Å². The van der Waals surface area contributed by atoms with Gasteiger partial charge in [0.05, 0.1) is 19.1 Å². The maximum Gasteiger partial charge on any atom is 0.251 e. The van der Waals surface area contributed by atoms with Crippen LogP contribution in [0.25, 0.3) is 21.9 Å². The van der Waals surface area contributed by atoms with Gasteiger partial charge in [-0.1, -0.05) is 18.2 Å². The van der Waals surface area contributed by atoms with Gasteiger partial charge in [-0.15, -0.1) is 11.3 Å². The molecular weight excluding hydrogens is 540 g/mol. The van der Waals surface area contributed by atoms with Crippen LogP contribution in [0.15, 0.2) is 58.3 Å². The second-order valence-corrected chi connectivity index (χ2v) is 10.8. The predicted molar refractivity (Wildman–Crippen MR) is 148 cm³/mol. The molecule has 1 fully saturated rings. The van der Waals surface area contributed by atoms with E-state index in [2.05, 4.69) is 10.6 Å². The van der Waals surface area contributed by atoms with Gasteiger partial charge in [0.1, 0.15) is 29.7 Å². The Bertz CT molecular complexity index is 1640. The van der Waals surface area contributed by atoms with Crippen molar-refractivity contribution in [2.45, 2.75) is 31.1 Å². The van der Waals surface area contributed by atoms with E-state index >= 15 is 4.39 Å². The van der Waals surface area contributed by atoms with Gasteiger partial charge in [0.25, 0.3) is 5.91 Å². The number of fused-ring (bicyclic) bond motifs is 3. The lowest BCUT2D eigenvalue weighted by molar-refractivity contribution is -0.138. The number of nitrogens with two attached hydrogens (primary N) is 1. The minimum absolute atomic E-state index is 0.112. The molecule has 0 spiro atoms. The van der Waals surface area contributed by atoms with Crippen LogP contribution in [0, 0.1) is 5.41 Å². The summed E-state index contributed by atoms with van der Waals surface area (Å²) < 4.78 is 34.4. The zero-order chi connectivity index (χ0) is 28.6. The van der Waals surface area contributed by atoms with Crippen molar-refractivity contribution in [1.29, 1.82) is 5.41 Å². The lowest BCUT2D eigenvalue weighted by atomic mass is 10.0. The van der Waals surface area contributed by atoms with Crippen molar-refractivity contribution in [3.63, 3.8) is 0 Å². The number of amides is 3. The average Bonchev–Trinajstić information content (AvgIpc) is 3.67. The zero-order valence-corrected chi connectivity index (χ0v) is 22.3. The second kappa shape index (κ2) is 10.7. The van der Waals surface area contributed by atoms with E-state index in [1.165, 1.54) is 11.3 Å². The number of nitrogen functional groups attached to an aromatic ring is 1. The van der Waals surface area contributed by atoms with Crippen LogP contribution in [0.5, 0.6) is 0 Å². The Balaban J connectivity index is 1.27. The van der Waals surface area contributed by atoms with Crippen LogP contribution < -0.4 is 16.4 Å². The smallest absolute Gasteiger partial charge is 0.251 e. The van der Waals surface area contributed by atoms with E-state index in [4.69, 9.17) is 15.6 Å². The number of nitrogens with zero attached hydrogens (tertiary/aromatic N) is 1. The molecular formula is C28H27F2N5O4S. The van der Waals surface area contributed by atoms with Crippen LogP contribution in [-0.4, -0.2) is 59.9 Å². The number of furan rings is 1. The first kappa shape index (κ1) is 27.3. The third-order valence-corrected chi connectivity index (χ3v) is 8.12. The van der Waals surface area contributed by atoms with Crippen molar-refractivity contribution in [3.05, 3.63) is 69.9 Å². The van der Waals surface area contributed by atoms with Gasteiger partial charge in [-0.3, -0.25) is 19.8 Å². The highest BCUT2D eigenvalue weighted by molar-refractivity contribution is 7.10. The Morgan fingerprint density at radius 3 is 2.65 bits per heavy atom. The number of hydrogen-bond donors (Lipinski definition) is 4. The van der Waals surface area contributed by atoms with Crippen molar-refractivity contribution in [3.8, 4) is 0 Å². The molecule has 1 aliphatic rings. The average molecular weight is 568 g/mol. The van der Waals surface area contributed by atoms with Crippen LogP contribution in [0.3, 0.4) is 0 Å². The van der Waals surface area contributed by atoms with Gasteiger partial charge in [0.2, 0.25) is 11.8 Å². The molecule has 9 nitrogen and oxygen atoms in total. The van der Waals surface area contributed by atoms with Gasteiger partial charge in [-0.05, 0) is 37.3 Å². The SMILES string of the molecule is C[C@@H](NC(=O)[C@@H]1C[C@](F)(CF)CN1C(=O)CNC(=O)c1ccc2oc3ccccc3c2c1)c1cc(C(=N)N)cs1. The molecule has 0 radical (unpaired) electrons. The molecule has 3 atom stereocenters. The third-order valence-electron chi connectivity index (χ3n) is 7.01. The Hall–Kier alpha value is -4.32. The molecule has 5 N–H and O–H groups in total. The van der Waals surface area contributed by atoms with Gasteiger partial charge in [-0.2, -0.15) is 0 Å². The van der Waals surface area contributed by atoms with E-state index in [1.54, 1.807) is 36.6 Å². The van der Waals surface area contributed by atoms with Gasteiger partial charge in [0, 0.05) is 38.6 Å². The first-order chi connectivity index (χ1) is 19.1. The molecule has 12 heteroatoms. The third kappa shape index (κ3) is 5.26. The maximum absolute atomic E-state index is 15.0. The molecule has 208 valence electrons. The van der Waals surface area contributed by atoms with E-state index in [0.29, 0.717) is 27.2 Å². The van der Waals surface area contributed by atoms with E-state index in [-0.39, 0.29) is 5.84 Å². The first-order valence-corrected chi connectivity index (χ1v) is 13.4. The van der Waals surface area contributed by atoms with Gasteiger partial charge < -0.3 is 25.7 Å². The number of halogens is 2. The summed E-state index contributed by atoms with van der Waals surface area (Å²) >= 11 is 1.29. The summed E-state index contributed by atoms with van der Waals surface area (Å²) in [5.41, 5.74) is 5.22. The number of likely N-dealkylation sites (tertiary alicyclic amines) is 1. The van der Waals surface area contributed by atoms with Gasteiger partial charge >= 0.3 is 0 Å². The predicted octanol–water partition coefficient (Wildman–Crippen LogP) is 3.82. The topological polar surface area (TPSA) is 142 Å². The van der Waals surface area contributed by atoms with Crippen molar-refractivity contribution in [1.82, 2.24) is 15.5 Å². The normalized spacial score (nSPS) is 19.6. The summed E-state index contributed by atoms with van der Waals surface area (Å²) in [5.74, 6) is -2.00. The fourth-order valence-electron chi connectivity index (χ4n) is 4.86. The number of carbonyl (C=O) groups is 3. The standard InChI is InChI=1S/C28H27F2N5O4S/c1-15(23-9-17(12-40-23)25(31)32)34-27(38)20-10-28(30,13-29)14-35(20)24(36)11-33-26(37)16-6-7-22-19(8-16)18-4-2-3-5-21(18)39-22/h2-9,12,15,20H,10-11,13-14H2,1H3,(H3,31,32)(H,33,37)(H,34,38)/t15-,20+,28+/m1/s1. The molecule has 1 aliphatic heterocycles. The number of hydrogen-bond acceptors (Lipinski definition) is 6. The molecule has 0 saturated carbocycles.